The third-order valence-corrected chi connectivity index (χ3v) is 9.57. The van der Waals surface area contributed by atoms with Gasteiger partial charge >= 0.3 is 5.69 Å². The molecule has 1 aliphatic heterocycles. The van der Waals surface area contributed by atoms with Gasteiger partial charge < -0.3 is 14.3 Å². The van der Waals surface area contributed by atoms with Crippen molar-refractivity contribution in [2.24, 2.45) is 0 Å². The maximum atomic E-state index is 12.1. The maximum absolute atomic E-state index is 12.1. The molecular formula is C16H28N2O5Si. The number of aliphatic hydroxyl groups excluding tert-OH is 1. The molecule has 1 unspecified atom stereocenters. The number of rotatable bonds is 4. The van der Waals surface area contributed by atoms with E-state index in [0.717, 1.165) is 0 Å². The fourth-order valence-corrected chi connectivity index (χ4v) is 3.87. The lowest BCUT2D eigenvalue weighted by Crippen LogP contribution is -2.46. The highest BCUT2D eigenvalue weighted by atomic mass is 28.4. The molecule has 1 aromatic rings. The van der Waals surface area contributed by atoms with Gasteiger partial charge in [0.25, 0.3) is 5.56 Å². The standard InChI is InChI=1S/C16H28N2O5Si/c1-10-8-18(15(21)17-14(10)20)13-7-11(12(9-19)22-13)23-24(5,6)16(2,3)4/h8,11-13,19H,7,9H2,1-6H3,(H,17,20,21)/t11-,12+,13?/m0/s1. The van der Waals surface area contributed by atoms with Gasteiger partial charge in [0.2, 0.25) is 0 Å². The van der Waals surface area contributed by atoms with Crippen molar-refractivity contribution in [1.82, 2.24) is 9.55 Å². The summed E-state index contributed by atoms with van der Waals surface area (Å²) >= 11 is 0. The van der Waals surface area contributed by atoms with Crippen molar-refractivity contribution in [2.75, 3.05) is 6.61 Å². The van der Waals surface area contributed by atoms with Gasteiger partial charge in [0.15, 0.2) is 8.32 Å². The van der Waals surface area contributed by atoms with Crippen LogP contribution in [0.25, 0.3) is 0 Å². The number of nitrogens with zero attached hydrogens (tertiary/aromatic N) is 1. The molecule has 0 bridgehead atoms. The van der Waals surface area contributed by atoms with Gasteiger partial charge in [-0.15, -0.1) is 0 Å². The molecule has 1 aliphatic rings. The van der Waals surface area contributed by atoms with Gasteiger partial charge in [-0.1, -0.05) is 20.8 Å². The number of hydrogen-bond donors (Lipinski definition) is 2. The van der Waals surface area contributed by atoms with Crippen LogP contribution in [0.3, 0.4) is 0 Å². The van der Waals surface area contributed by atoms with E-state index >= 15 is 0 Å². The van der Waals surface area contributed by atoms with Crippen molar-refractivity contribution in [3.63, 3.8) is 0 Å². The molecule has 8 heteroatoms. The first-order valence-electron chi connectivity index (χ1n) is 8.22. The largest absolute Gasteiger partial charge is 0.411 e. The summed E-state index contributed by atoms with van der Waals surface area (Å²) in [5.41, 5.74) is -0.477. The summed E-state index contributed by atoms with van der Waals surface area (Å²) < 4.78 is 13.6. The Labute approximate surface area is 142 Å². The summed E-state index contributed by atoms with van der Waals surface area (Å²) in [6.45, 7) is 12.2. The zero-order valence-electron chi connectivity index (χ0n) is 15.3. The topological polar surface area (TPSA) is 93.6 Å². The summed E-state index contributed by atoms with van der Waals surface area (Å²) in [5.74, 6) is 0. The van der Waals surface area contributed by atoms with E-state index in [1.807, 2.05) is 0 Å². The molecule has 3 atom stereocenters. The lowest BCUT2D eigenvalue weighted by molar-refractivity contribution is -0.0439. The fraction of sp³-hybridized carbons (Fsp3) is 0.750. The summed E-state index contributed by atoms with van der Waals surface area (Å²) in [6, 6.07) is 0. The molecule has 0 aromatic carbocycles. The maximum Gasteiger partial charge on any atom is 0.330 e. The van der Waals surface area contributed by atoms with E-state index in [4.69, 9.17) is 9.16 Å². The molecule has 2 rings (SSSR count). The molecule has 0 spiro atoms. The van der Waals surface area contributed by atoms with Crippen LogP contribution >= 0.6 is 0 Å². The predicted molar refractivity (Wildman–Crippen MR) is 93.7 cm³/mol. The molecule has 136 valence electrons. The third kappa shape index (κ3) is 3.71. The van der Waals surface area contributed by atoms with Crippen molar-refractivity contribution in [3.05, 3.63) is 32.6 Å². The summed E-state index contributed by atoms with van der Waals surface area (Å²) in [5, 5.41) is 9.67. The zero-order chi connectivity index (χ0) is 18.3. The Morgan fingerprint density at radius 3 is 2.58 bits per heavy atom. The molecule has 2 N–H and O–H groups in total. The van der Waals surface area contributed by atoms with Gasteiger partial charge in [0.1, 0.15) is 12.3 Å². The van der Waals surface area contributed by atoms with Crippen LogP contribution in [0.4, 0.5) is 0 Å². The molecule has 7 nitrogen and oxygen atoms in total. The van der Waals surface area contributed by atoms with Crippen molar-refractivity contribution < 1.29 is 14.3 Å². The van der Waals surface area contributed by atoms with Crippen LogP contribution in [0.1, 0.15) is 39.0 Å². The van der Waals surface area contributed by atoms with E-state index in [0.29, 0.717) is 12.0 Å². The second-order valence-electron chi connectivity index (χ2n) is 7.94. The third-order valence-electron chi connectivity index (χ3n) is 5.07. The Morgan fingerprint density at radius 1 is 1.42 bits per heavy atom. The normalized spacial score (nSPS) is 25.2. The van der Waals surface area contributed by atoms with Crippen LogP contribution in [0.5, 0.6) is 0 Å². The number of aromatic amines is 1. The van der Waals surface area contributed by atoms with Crippen molar-refractivity contribution in [1.29, 1.82) is 0 Å². The van der Waals surface area contributed by atoms with E-state index in [1.165, 1.54) is 10.8 Å². The molecule has 1 aromatic heterocycles. The monoisotopic (exact) mass is 356 g/mol. The number of hydrogen-bond acceptors (Lipinski definition) is 5. The number of aromatic nitrogens is 2. The number of nitrogens with one attached hydrogen (secondary N) is 1. The molecule has 0 amide bonds. The number of H-pyrrole nitrogens is 1. The van der Waals surface area contributed by atoms with Crippen LogP contribution < -0.4 is 11.2 Å². The Kier molecular flexibility index (Phi) is 5.24. The number of aliphatic hydroxyl groups is 1. The van der Waals surface area contributed by atoms with Gasteiger partial charge in [-0.05, 0) is 25.1 Å². The number of aryl methyl sites for hydroxylation is 1. The van der Waals surface area contributed by atoms with E-state index in [1.54, 1.807) is 6.92 Å². The van der Waals surface area contributed by atoms with Gasteiger partial charge in [0.05, 0.1) is 12.7 Å². The average molecular weight is 356 g/mol. The van der Waals surface area contributed by atoms with E-state index in [9.17, 15) is 14.7 Å². The van der Waals surface area contributed by atoms with Crippen LogP contribution in [-0.2, 0) is 9.16 Å². The molecular weight excluding hydrogens is 328 g/mol. The molecule has 2 heterocycles. The highest BCUT2D eigenvalue weighted by Gasteiger charge is 2.45. The predicted octanol–water partition coefficient (Wildman–Crippen LogP) is 1.52. The highest BCUT2D eigenvalue weighted by molar-refractivity contribution is 6.74. The molecule has 24 heavy (non-hydrogen) atoms. The first-order chi connectivity index (χ1) is 11.0. The Morgan fingerprint density at radius 2 is 2.04 bits per heavy atom. The summed E-state index contributed by atoms with van der Waals surface area (Å²) in [7, 11) is -2.03. The van der Waals surface area contributed by atoms with Crippen LogP contribution in [0, 0.1) is 6.92 Å². The second-order valence-corrected chi connectivity index (χ2v) is 12.7. The van der Waals surface area contributed by atoms with Gasteiger partial charge in [-0.2, -0.15) is 0 Å². The van der Waals surface area contributed by atoms with E-state index in [2.05, 4.69) is 38.8 Å². The van der Waals surface area contributed by atoms with Crippen molar-refractivity contribution >= 4 is 8.32 Å². The molecule has 0 radical (unpaired) electrons. The van der Waals surface area contributed by atoms with E-state index < -0.39 is 31.9 Å². The van der Waals surface area contributed by atoms with Crippen molar-refractivity contribution in [3.8, 4) is 0 Å². The number of ether oxygens (including phenoxy) is 1. The lowest BCUT2D eigenvalue weighted by Gasteiger charge is -2.39. The average Bonchev–Trinajstić information content (AvgIpc) is 2.83. The molecule has 1 fully saturated rings. The minimum atomic E-state index is -2.03. The minimum Gasteiger partial charge on any atom is -0.411 e. The minimum absolute atomic E-state index is 0.0382. The summed E-state index contributed by atoms with van der Waals surface area (Å²) in [6.07, 6.45) is 0.640. The van der Waals surface area contributed by atoms with Crippen LogP contribution in [0.15, 0.2) is 15.8 Å². The fourth-order valence-electron chi connectivity index (χ4n) is 2.51. The van der Waals surface area contributed by atoms with E-state index in [-0.39, 0.29) is 17.7 Å². The van der Waals surface area contributed by atoms with Crippen LogP contribution in [0.2, 0.25) is 18.1 Å². The van der Waals surface area contributed by atoms with Gasteiger partial charge in [-0.25, -0.2) is 4.79 Å². The Bertz CT molecular complexity index is 704. The first kappa shape index (κ1) is 19.1. The zero-order valence-corrected chi connectivity index (χ0v) is 16.3. The van der Waals surface area contributed by atoms with Gasteiger partial charge in [-0.3, -0.25) is 14.3 Å². The lowest BCUT2D eigenvalue weighted by atomic mass is 10.2. The second kappa shape index (κ2) is 6.59. The Balaban J connectivity index is 2.25. The highest BCUT2D eigenvalue weighted by Crippen LogP contribution is 2.40. The molecule has 1 saturated heterocycles. The van der Waals surface area contributed by atoms with Gasteiger partial charge in [0, 0.05) is 18.2 Å². The Hall–Kier alpha value is -1.22. The molecule has 0 aliphatic carbocycles. The summed E-state index contributed by atoms with van der Waals surface area (Å²) in [4.78, 5) is 25.9. The van der Waals surface area contributed by atoms with Crippen molar-refractivity contribution in [2.45, 2.75) is 70.7 Å². The van der Waals surface area contributed by atoms with Crippen LogP contribution in [-0.4, -0.2) is 41.8 Å². The first-order valence-corrected chi connectivity index (χ1v) is 11.1. The smallest absolute Gasteiger partial charge is 0.330 e. The molecule has 0 saturated carbocycles. The quantitative estimate of drug-likeness (QED) is 0.798. The SMILES string of the molecule is Cc1cn(C2C[C@H](O[Si](C)(C)C(C)(C)C)[C@@H](CO)O2)c(=O)[nH]c1=O.